The van der Waals surface area contributed by atoms with E-state index in [9.17, 15) is 17.6 Å². The highest BCUT2D eigenvalue weighted by Gasteiger charge is 2.07. The van der Waals surface area contributed by atoms with Crippen molar-refractivity contribution >= 4 is 27.8 Å². The Labute approximate surface area is 155 Å². The van der Waals surface area contributed by atoms with Gasteiger partial charge in [-0.25, -0.2) is 17.9 Å². The van der Waals surface area contributed by atoms with Gasteiger partial charge in [-0.15, -0.1) is 11.8 Å². The molecule has 2 N–H and O–H groups in total. The number of hydrogen-bond acceptors (Lipinski definition) is 6. The molecular weight excluding hydrogens is 381 g/mol. The first-order valence-corrected chi connectivity index (χ1v) is 10.2. The van der Waals surface area contributed by atoms with Gasteiger partial charge in [-0.05, 0) is 48.5 Å². The van der Waals surface area contributed by atoms with Gasteiger partial charge in [-0.1, -0.05) is 0 Å². The lowest BCUT2D eigenvalue weighted by Crippen LogP contribution is -2.13. The Balaban J connectivity index is 1.61. The van der Waals surface area contributed by atoms with Gasteiger partial charge in [0.15, 0.2) is 0 Å². The number of nitrogens with two attached hydrogens (primary N) is 1. The zero-order valence-electron chi connectivity index (χ0n) is 13.8. The Hall–Kier alpha value is -2.10. The molecule has 0 saturated heterocycles. The average molecular weight is 399 g/mol. The van der Waals surface area contributed by atoms with Crippen LogP contribution in [0.5, 0.6) is 5.75 Å². The fourth-order valence-corrected chi connectivity index (χ4v) is 3.24. The summed E-state index contributed by atoms with van der Waals surface area (Å²) in [6, 6.07) is 11.7. The summed E-state index contributed by atoms with van der Waals surface area (Å²) in [6.45, 7) is 0.225. The minimum absolute atomic E-state index is 0.00469. The van der Waals surface area contributed by atoms with Gasteiger partial charge in [0.1, 0.15) is 24.8 Å². The number of carbonyl (C=O) groups is 1. The lowest BCUT2D eigenvalue weighted by molar-refractivity contribution is -0.143. The predicted octanol–water partition coefficient (Wildman–Crippen LogP) is 2.58. The summed E-state index contributed by atoms with van der Waals surface area (Å²) in [7, 11) is -3.73. The highest BCUT2D eigenvalue weighted by Crippen LogP contribution is 2.19. The molecule has 0 spiro atoms. The normalized spacial score (nSPS) is 11.2. The summed E-state index contributed by atoms with van der Waals surface area (Å²) >= 11 is 1.44. The molecule has 140 valence electrons. The predicted molar refractivity (Wildman–Crippen MR) is 96.0 cm³/mol. The monoisotopic (exact) mass is 399 g/mol. The van der Waals surface area contributed by atoms with Crippen LogP contribution < -0.4 is 9.88 Å². The second kappa shape index (κ2) is 9.56. The topological polar surface area (TPSA) is 95.7 Å². The molecule has 0 aliphatic rings. The number of benzene rings is 2. The van der Waals surface area contributed by atoms with Crippen LogP contribution in [0.25, 0.3) is 0 Å². The van der Waals surface area contributed by atoms with E-state index in [-0.39, 0.29) is 36.3 Å². The van der Waals surface area contributed by atoms with Crippen molar-refractivity contribution < 1.29 is 27.1 Å². The number of hydrogen-bond donors (Lipinski definition) is 1. The fraction of sp³-hybridized carbons (Fsp3) is 0.235. The largest absolute Gasteiger partial charge is 0.490 e. The van der Waals surface area contributed by atoms with Gasteiger partial charge in [0.2, 0.25) is 10.0 Å². The van der Waals surface area contributed by atoms with E-state index in [1.54, 1.807) is 12.1 Å². The van der Waals surface area contributed by atoms with Gasteiger partial charge in [-0.2, -0.15) is 0 Å². The van der Waals surface area contributed by atoms with Crippen molar-refractivity contribution in [1.82, 2.24) is 0 Å². The third-order valence-electron chi connectivity index (χ3n) is 3.16. The van der Waals surface area contributed by atoms with Gasteiger partial charge in [0.05, 0.1) is 11.3 Å². The molecule has 0 aliphatic heterocycles. The van der Waals surface area contributed by atoms with Crippen LogP contribution in [0.15, 0.2) is 58.3 Å². The molecule has 0 aliphatic carbocycles. The number of primary sulfonamides is 1. The molecule has 2 aromatic rings. The number of thioether (sulfide) groups is 1. The second-order valence-electron chi connectivity index (χ2n) is 5.14. The number of carbonyl (C=O) groups excluding carboxylic acids is 1. The molecule has 0 unspecified atom stereocenters. The maximum absolute atomic E-state index is 12.8. The molecule has 0 atom stereocenters. The van der Waals surface area contributed by atoms with Crippen LogP contribution in [0, 0.1) is 5.82 Å². The zero-order valence-corrected chi connectivity index (χ0v) is 15.4. The van der Waals surface area contributed by atoms with Crippen molar-refractivity contribution in [1.29, 1.82) is 0 Å². The van der Waals surface area contributed by atoms with Crippen molar-refractivity contribution in [3.8, 4) is 5.75 Å². The summed E-state index contributed by atoms with van der Waals surface area (Å²) in [5.41, 5.74) is 0. The van der Waals surface area contributed by atoms with Crippen molar-refractivity contribution in [2.24, 2.45) is 5.14 Å². The zero-order chi connectivity index (χ0) is 19.0. The van der Waals surface area contributed by atoms with E-state index < -0.39 is 10.0 Å². The van der Waals surface area contributed by atoms with E-state index in [0.717, 1.165) is 4.90 Å². The SMILES string of the molecule is NS(=O)(=O)c1ccc(OCCOC(=O)CCSc2ccc(F)cc2)cc1. The lowest BCUT2D eigenvalue weighted by Gasteiger charge is -2.08. The third kappa shape index (κ3) is 7.03. The maximum Gasteiger partial charge on any atom is 0.306 e. The van der Waals surface area contributed by atoms with Crippen molar-refractivity contribution in [2.75, 3.05) is 19.0 Å². The van der Waals surface area contributed by atoms with Crippen LogP contribution in [0.4, 0.5) is 4.39 Å². The highest BCUT2D eigenvalue weighted by atomic mass is 32.2. The quantitative estimate of drug-likeness (QED) is 0.396. The maximum atomic E-state index is 12.8. The van der Waals surface area contributed by atoms with E-state index in [0.29, 0.717) is 11.5 Å². The molecule has 2 aromatic carbocycles. The number of rotatable bonds is 9. The number of ether oxygens (including phenoxy) is 2. The second-order valence-corrected chi connectivity index (χ2v) is 7.87. The first-order chi connectivity index (χ1) is 12.3. The van der Waals surface area contributed by atoms with Crippen molar-refractivity contribution in [3.63, 3.8) is 0 Å². The molecule has 0 amide bonds. The van der Waals surface area contributed by atoms with E-state index >= 15 is 0 Å². The molecule has 9 heteroatoms. The Kier molecular flexibility index (Phi) is 7.43. The molecule has 0 radical (unpaired) electrons. The first kappa shape index (κ1) is 20.2. The Morgan fingerprint density at radius 1 is 1.04 bits per heavy atom. The standard InChI is InChI=1S/C17H18FNO5S2/c18-13-1-5-15(6-2-13)25-12-9-17(20)24-11-10-23-14-3-7-16(8-4-14)26(19,21)22/h1-8H,9-12H2,(H2,19,21,22). The Morgan fingerprint density at radius 2 is 1.69 bits per heavy atom. The Morgan fingerprint density at radius 3 is 2.31 bits per heavy atom. The number of sulfonamides is 1. The van der Waals surface area contributed by atoms with Gasteiger partial charge in [-0.3, -0.25) is 4.79 Å². The van der Waals surface area contributed by atoms with Crippen LogP contribution in [-0.4, -0.2) is 33.4 Å². The van der Waals surface area contributed by atoms with Gasteiger partial charge in [0.25, 0.3) is 0 Å². The molecule has 0 heterocycles. The van der Waals surface area contributed by atoms with Crippen molar-refractivity contribution in [3.05, 3.63) is 54.3 Å². The van der Waals surface area contributed by atoms with Crippen LogP contribution in [0.2, 0.25) is 0 Å². The van der Waals surface area contributed by atoms with E-state index in [2.05, 4.69) is 0 Å². The molecule has 0 saturated carbocycles. The molecule has 0 bridgehead atoms. The van der Waals surface area contributed by atoms with Crippen LogP contribution in [-0.2, 0) is 19.6 Å². The lowest BCUT2D eigenvalue weighted by atomic mass is 10.3. The summed E-state index contributed by atoms with van der Waals surface area (Å²) in [4.78, 5) is 12.5. The minimum atomic E-state index is -3.73. The molecule has 0 aromatic heterocycles. The molecule has 26 heavy (non-hydrogen) atoms. The summed E-state index contributed by atoms with van der Waals surface area (Å²) < 4.78 is 45.4. The number of esters is 1. The average Bonchev–Trinajstić information content (AvgIpc) is 2.60. The molecular formula is C17H18FNO5S2. The molecule has 2 rings (SSSR count). The van der Waals surface area contributed by atoms with Crippen LogP contribution in [0.1, 0.15) is 6.42 Å². The Bertz CT molecular complexity index is 823. The summed E-state index contributed by atoms with van der Waals surface area (Å²) in [5.74, 6) is 0.321. The van der Waals surface area contributed by atoms with Gasteiger partial charge in [0, 0.05) is 10.6 Å². The van der Waals surface area contributed by atoms with E-state index in [1.807, 2.05) is 0 Å². The first-order valence-electron chi connectivity index (χ1n) is 7.64. The smallest absolute Gasteiger partial charge is 0.306 e. The third-order valence-corrected chi connectivity index (χ3v) is 5.10. The van der Waals surface area contributed by atoms with E-state index in [1.165, 1.54) is 48.2 Å². The summed E-state index contributed by atoms with van der Waals surface area (Å²) in [6.07, 6.45) is 0.227. The van der Waals surface area contributed by atoms with E-state index in [4.69, 9.17) is 14.6 Å². The van der Waals surface area contributed by atoms with Crippen molar-refractivity contribution in [2.45, 2.75) is 16.2 Å². The van der Waals surface area contributed by atoms with Crippen LogP contribution in [0.3, 0.4) is 0 Å². The molecule has 6 nitrogen and oxygen atoms in total. The molecule has 0 fully saturated rings. The highest BCUT2D eigenvalue weighted by molar-refractivity contribution is 7.99. The van der Waals surface area contributed by atoms with Crippen LogP contribution >= 0.6 is 11.8 Å². The van der Waals surface area contributed by atoms with Gasteiger partial charge < -0.3 is 9.47 Å². The minimum Gasteiger partial charge on any atom is -0.490 e. The van der Waals surface area contributed by atoms with Gasteiger partial charge >= 0.3 is 5.97 Å². The summed E-state index contributed by atoms with van der Waals surface area (Å²) in [5, 5.41) is 5.00. The fourth-order valence-electron chi connectivity index (χ4n) is 1.90. The number of halogens is 1.